The van der Waals surface area contributed by atoms with Crippen molar-refractivity contribution < 1.29 is 36.2 Å². The number of hydrogen-bond donors (Lipinski definition) is 3. The maximum atomic E-state index is 15.6. The zero-order chi connectivity index (χ0) is 28.3. The Hall–Kier alpha value is -2.87. The summed E-state index contributed by atoms with van der Waals surface area (Å²) in [5.41, 5.74) is 4.33. The van der Waals surface area contributed by atoms with Gasteiger partial charge in [0, 0.05) is 44.4 Å². The van der Waals surface area contributed by atoms with Crippen molar-refractivity contribution in [3.63, 3.8) is 0 Å². The Morgan fingerprint density at radius 2 is 2.08 bits per heavy atom. The van der Waals surface area contributed by atoms with Crippen molar-refractivity contribution in [1.82, 2.24) is 15.1 Å². The third kappa shape index (κ3) is 7.16. The van der Waals surface area contributed by atoms with Crippen LogP contribution in [-0.4, -0.2) is 97.4 Å². The van der Waals surface area contributed by atoms with Gasteiger partial charge in [-0.05, 0) is 26.1 Å². The molecule has 0 saturated carbocycles. The van der Waals surface area contributed by atoms with E-state index in [1.54, 1.807) is 4.90 Å². The minimum absolute atomic E-state index is 0.00660. The van der Waals surface area contributed by atoms with Crippen LogP contribution in [0.4, 0.5) is 26.3 Å². The predicted molar refractivity (Wildman–Crippen MR) is 130 cm³/mol. The number of carbonyl (C=O) groups excluding carboxylic acids is 1. The maximum Gasteiger partial charge on any atom is 0.416 e. The van der Waals surface area contributed by atoms with E-state index in [4.69, 9.17) is 5.73 Å². The maximum absolute atomic E-state index is 15.6. The summed E-state index contributed by atoms with van der Waals surface area (Å²) < 4.78 is 83.5. The molecule has 212 valence electrons. The lowest BCUT2D eigenvalue weighted by Gasteiger charge is -2.35. The quantitative estimate of drug-likeness (QED) is 0.245. The fraction of sp³-hybridized carbons (Fsp3) is 0.625. The molecule has 0 bridgehead atoms. The number of aliphatic imine (C=N–C) groups is 2. The highest BCUT2D eigenvalue weighted by molar-refractivity contribution is 5.97. The van der Waals surface area contributed by atoms with Crippen LogP contribution >= 0.6 is 0 Å². The van der Waals surface area contributed by atoms with Crippen molar-refractivity contribution in [2.75, 3.05) is 39.8 Å². The Bertz CT molecular complexity index is 1020. The highest BCUT2D eigenvalue weighted by Gasteiger charge is 2.49. The highest BCUT2D eigenvalue weighted by atomic mass is 19.4. The molecule has 0 radical (unpaired) electrons. The molecule has 2 saturated heterocycles. The molecule has 3 aliphatic rings. The number of carbonyl (C=O) groups is 1. The number of amidine groups is 1. The van der Waals surface area contributed by atoms with E-state index >= 15 is 4.39 Å². The molecule has 1 aliphatic carbocycles. The number of amides is 1. The van der Waals surface area contributed by atoms with Crippen molar-refractivity contribution in [2.45, 2.75) is 43.5 Å². The fourth-order valence-electron chi connectivity index (χ4n) is 5.13. The average molecular weight is 551 g/mol. The van der Waals surface area contributed by atoms with E-state index in [1.807, 2.05) is 0 Å². The van der Waals surface area contributed by atoms with Crippen LogP contribution in [0, 0.1) is 11.8 Å². The summed E-state index contributed by atoms with van der Waals surface area (Å²) in [6, 6.07) is -1.00. The SMILES string of the molecule is C=N/C(NC[C@H]1CCN(CC(N)=O)C[C@@H]1O)=C(/F)C(=NC)N1CC(F)(F)C[C@@H]1C1C=CC(C(F)(F)F)=CC1. The first-order valence-electron chi connectivity index (χ1n) is 12.1. The summed E-state index contributed by atoms with van der Waals surface area (Å²) in [4.78, 5) is 21.4. The Labute approximate surface area is 216 Å². The molecule has 1 amide bonds. The van der Waals surface area contributed by atoms with E-state index in [0.717, 1.165) is 17.1 Å². The van der Waals surface area contributed by atoms with Crippen LogP contribution in [0.5, 0.6) is 0 Å². The van der Waals surface area contributed by atoms with E-state index in [2.05, 4.69) is 22.0 Å². The largest absolute Gasteiger partial charge is 0.416 e. The molecule has 8 nitrogen and oxygen atoms in total. The molecule has 38 heavy (non-hydrogen) atoms. The molecule has 0 aromatic heterocycles. The standard InChI is InChI=1S/C24H32F6N6O2/c1-32-21(34-10-15-7-8-35(11-18(15)37)12-19(31)38)20(25)22(33-2)36-13-23(26,27)9-17(36)14-3-5-16(6-4-14)24(28,29)30/h3,5-6,14-15,17-18,34,37H,1,4,7-13H2,2H3,(H2,31,38)/b21-20-,33-22?/t14?,15-,17-,18+/m1/s1. The van der Waals surface area contributed by atoms with Crippen molar-refractivity contribution in [3.05, 3.63) is 35.4 Å². The third-order valence-electron chi connectivity index (χ3n) is 7.03. The van der Waals surface area contributed by atoms with Gasteiger partial charge in [0.1, 0.15) is 0 Å². The first-order chi connectivity index (χ1) is 17.8. The second-order valence-corrected chi connectivity index (χ2v) is 9.74. The van der Waals surface area contributed by atoms with Gasteiger partial charge in [0.05, 0.1) is 24.8 Å². The van der Waals surface area contributed by atoms with E-state index in [1.165, 1.54) is 13.1 Å². The minimum Gasteiger partial charge on any atom is -0.391 e. The summed E-state index contributed by atoms with van der Waals surface area (Å²) in [5, 5.41) is 13.2. The first-order valence-corrected chi connectivity index (χ1v) is 12.1. The number of allylic oxidation sites excluding steroid dienone is 3. The molecule has 4 N–H and O–H groups in total. The number of likely N-dealkylation sites (tertiary alicyclic amines) is 2. The molecule has 0 aromatic carbocycles. The van der Waals surface area contributed by atoms with E-state index in [-0.39, 0.29) is 37.8 Å². The summed E-state index contributed by atoms with van der Waals surface area (Å²) in [5.74, 6) is -6.58. The number of rotatable bonds is 8. The lowest BCUT2D eigenvalue weighted by molar-refractivity contribution is -0.120. The van der Waals surface area contributed by atoms with E-state index in [0.29, 0.717) is 13.0 Å². The zero-order valence-corrected chi connectivity index (χ0v) is 20.9. The van der Waals surface area contributed by atoms with Crippen LogP contribution in [0.15, 0.2) is 45.4 Å². The summed E-state index contributed by atoms with van der Waals surface area (Å²) in [7, 11) is 1.22. The minimum atomic E-state index is -4.55. The van der Waals surface area contributed by atoms with Gasteiger partial charge in [-0.15, -0.1) is 0 Å². The number of primary amides is 1. The number of aliphatic hydroxyl groups is 1. The number of β-amino-alcohol motifs (C(OH)–C–C–N with tert-alkyl or cyclic N) is 1. The normalized spacial score (nSPS) is 29.1. The van der Waals surface area contributed by atoms with E-state index in [9.17, 15) is 31.9 Å². The van der Waals surface area contributed by atoms with Crippen LogP contribution in [-0.2, 0) is 4.79 Å². The second kappa shape index (κ2) is 11.9. The van der Waals surface area contributed by atoms with Gasteiger partial charge in [-0.1, -0.05) is 18.2 Å². The molecule has 2 fully saturated rings. The second-order valence-electron chi connectivity index (χ2n) is 9.74. The monoisotopic (exact) mass is 550 g/mol. The number of nitrogens with one attached hydrogen (secondary N) is 1. The average Bonchev–Trinajstić information content (AvgIpc) is 3.15. The molecule has 3 rings (SSSR count). The molecular formula is C24H32F6N6O2. The topological polar surface area (TPSA) is 107 Å². The van der Waals surface area contributed by atoms with Crippen LogP contribution < -0.4 is 11.1 Å². The summed E-state index contributed by atoms with van der Waals surface area (Å²) in [6.07, 6.45) is -2.68. The molecule has 1 unspecified atom stereocenters. The Balaban J connectivity index is 1.74. The van der Waals surface area contributed by atoms with Gasteiger partial charge in [-0.2, -0.15) is 17.6 Å². The molecule has 0 spiro atoms. The van der Waals surface area contributed by atoms with Gasteiger partial charge in [-0.25, -0.2) is 13.8 Å². The van der Waals surface area contributed by atoms with Gasteiger partial charge in [0.15, 0.2) is 11.7 Å². The fourth-order valence-corrected chi connectivity index (χ4v) is 5.13. The van der Waals surface area contributed by atoms with Crippen molar-refractivity contribution >= 4 is 18.5 Å². The molecule has 2 heterocycles. The van der Waals surface area contributed by atoms with Gasteiger partial charge in [-0.3, -0.25) is 14.7 Å². The highest BCUT2D eigenvalue weighted by Crippen LogP contribution is 2.41. The predicted octanol–water partition coefficient (Wildman–Crippen LogP) is 2.39. The van der Waals surface area contributed by atoms with E-state index < -0.39 is 66.3 Å². The summed E-state index contributed by atoms with van der Waals surface area (Å²) in [6.45, 7) is 3.26. The number of aliphatic hydroxyl groups excluding tert-OH is 1. The van der Waals surface area contributed by atoms with Gasteiger partial charge >= 0.3 is 6.18 Å². The number of nitrogens with two attached hydrogens (primary N) is 1. The van der Waals surface area contributed by atoms with Gasteiger partial charge in [0.25, 0.3) is 5.92 Å². The van der Waals surface area contributed by atoms with Crippen LogP contribution in [0.1, 0.15) is 19.3 Å². The number of nitrogens with zero attached hydrogens (tertiary/aromatic N) is 4. The molecule has 2 aliphatic heterocycles. The molecular weight excluding hydrogens is 518 g/mol. The first kappa shape index (κ1) is 29.7. The van der Waals surface area contributed by atoms with Crippen molar-refractivity contribution in [1.29, 1.82) is 0 Å². The molecule has 14 heteroatoms. The number of alkyl halides is 5. The van der Waals surface area contributed by atoms with Crippen LogP contribution in [0.3, 0.4) is 0 Å². The van der Waals surface area contributed by atoms with Crippen molar-refractivity contribution in [2.24, 2.45) is 27.6 Å². The zero-order valence-electron chi connectivity index (χ0n) is 20.9. The summed E-state index contributed by atoms with van der Waals surface area (Å²) >= 11 is 0. The Kier molecular flexibility index (Phi) is 9.29. The van der Waals surface area contributed by atoms with Crippen molar-refractivity contribution in [3.8, 4) is 0 Å². The Morgan fingerprint density at radius 3 is 2.61 bits per heavy atom. The number of piperidine rings is 1. The van der Waals surface area contributed by atoms with Gasteiger partial charge < -0.3 is 21.1 Å². The number of hydrogen-bond acceptors (Lipinski definition) is 6. The van der Waals surface area contributed by atoms with Crippen LogP contribution in [0.25, 0.3) is 0 Å². The van der Waals surface area contributed by atoms with Crippen LogP contribution in [0.2, 0.25) is 0 Å². The lowest BCUT2D eigenvalue weighted by Crippen LogP contribution is -2.49. The Morgan fingerprint density at radius 1 is 1.37 bits per heavy atom. The van der Waals surface area contributed by atoms with Gasteiger partial charge in [0.2, 0.25) is 11.7 Å². The number of halogens is 6. The molecule has 4 atom stereocenters. The third-order valence-corrected chi connectivity index (χ3v) is 7.03. The lowest BCUT2D eigenvalue weighted by atomic mass is 9.88. The molecule has 0 aromatic rings. The smallest absolute Gasteiger partial charge is 0.391 e.